The Morgan fingerprint density at radius 1 is 1.25 bits per heavy atom. The highest BCUT2D eigenvalue weighted by molar-refractivity contribution is 5.92. The standard InChI is InChI=1S/C15H22N2O3/c1-4-17(12-8-6-5-7-9-12)15(20)16-13(11(2)3)10-14(18)19/h5-9,11,13H,4,10H2,1-3H3,(H,16,20)(H,18,19). The fraction of sp³-hybridized carbons (Fsp3) is 0.467. The number of hydrogen-bond acceptors (Lipinski definition) is 2. The van der Waals surface area contributed by atoms with Gasteiger partial charge in [0.25, 0.3) is 0 Å². The number of carbonyl (C=O) groups is 2. The van der Waals surface area contributed by atoms with Gasteiger partial charge < -0.3 is 10.4 Å². The van der Waals surface area contributed by atoms with Crippen LogP contribution in [0.5, 0.6) is 0 Å². The summed E-state index contributed by atoms with van der Waals surface area (Å²) in [6.45, 7) is 6.20. The van der Waals surface area contributed by atoms with E-state index in [9.17, 15) is 9.59 Å². The highest BCUT2D eigenvalue weighted by atomic mass is 16.4. The zero-order valence-electron chi connectivity index (χ0n) is 12.2. The second kappa shape index (κ2) is 7.53. The molecule has 5 nitrogen and oxygen atoms in total. The van der Waals surface area contributed by atoms with Gasteiger partial charge in [-0.05, 0) is 25.0 Å². The largest absolute Gasteiger partial charge is 0.481 e. The average Bonchev–Trinajstić information content (AvgIpc) is 2.39. The minimum Gasteiger partial charge on any atom is -0.481 e. The number of carbonyl (C=O) groups excluding carboxylic acids is 1. The molecule has 1 rings (SSSR count). The van der Waals surface area contributed by atoms with Gasteiger partial charge in [-0.25, -0.2) is 4.79 Å². The molecule has 0 aliphatic carbocycles. The second-order valence-corrected chi connectivity index (χ2v) is 4.98. The lowest BCUT2D eigenvalue weighted by molar-refractivity contribution is -0.137. The Kier molecular flexibility index (Phi) is 6.03. The van der Waals surface area contributed by atoms with E-state index in [2.05, 4.69) is 5.32 Å². The molecule has 0 bridgehead atoms. The lowest BCUT2D eigenvalue weighted by Gasteiger charge is -2.27. The van der Waals surface area contributed by atoms with Crippen LogP contribution in [0.2, 0.25) is 0 Å². The molecule has 0 aromatic heterocycles. The maximum Gasteiger partial charge on any atom is 0.322 e. The van der Waals surface area contributed by atoms with Crippen LogP contribution in [-0.4, -0.2) is 29.7 Å². The molecule has 2 N–H and O–H groups in total. The van der Waals surface area contributed by atoms with E-state index < -0.39 is 5.97 Å². The maximum atomic E-state index is 12.3. The minimum absolute atomic E-state index is 0.0597. The second-order valence-electron chi connectivity index (χ2n) is 4.98. The monoisotopic (exact) mass is 278 g/mol. The van der Waals surface area contributed by atoms with E-state index in [4.69, 9.17) is 5.11 Å². The number of rotatable bonds is 6. The molecule has 20 heavy (non-hydrogen) atoms. The fourth-order valence-corrected chi connectivity index (χ4v) is 1.93. The van der Waals surface area contributed by atoms with Crippen LogP contribution in [0, 0.1) is 5.92 Å². The van der Waals surface area contributed by atoms with Gasteiger partial charge >= 0.3 is 12.0 Å². The number of nitrogens with zero attached hydrogens (tertiary/aromatic N) is 1. The van der Waals surface area contributed by atoms with Crippen LogP contribution < -0.4 is 10.2 Å². The summed E-state index contributed by atoms with van der Waals surface area (Å²) in [6, 6.07) is 8.67. The van der Waals surface area contributed by atoms with Crippen LogP contribution in [0.4, 0.5) is 10.5 Å². The van der Waals surface area contributed by atoms with E-state index in [1.807, 2.05) is 51.1 Å². The Morgan fingerprint density at radius 3 is 2.30 bits per heavy atom. The summed E-state index contributed by atoms with van der Waals surface area (Å²) in [5.41, 5.74) is 0.797. The third-order valence-electron chi connectivity index (χ3n) is 3.14. The Hall–Kier alpha value is -2.04. The van der Waals surface area contributed by atoms with Crippen molar-refractivity contribution in [2.45, 2.75) is 33.2 Å². The summed E-state index contributed by atoms with van der Waals surface area (Å²) in [4.78, 5) is 24.7. The predicted octanol–water partition coefficient (Wildman–Crippen LogP) is 2.72. The number of carboxylic acids is 1. The topological polar surface area (TPSA) is 69.6 Å². The molecule has 0 spiro atoms. The van der Waals surface area contributed by atoms with Gasteiger partial charge in [0.1, 0.15) is 0 Å². The summed E-state index contributed by atoms with van der Waals surface area (Å²) in [7, 11) is 0. The Morgan fingerprint density at radius 2 is 1.85 bits per heavy atom. The van der Waals surface area contributed by atoms with Gasteiger partial charge in [-0.3, -0.25) is 9.69 Å². The molecular weight excluding hydrogens is 256 g/mol. The van der Waals surface area contributed by atoms with Gasteiger partial charge in [-0.2, -0.15) is 0 Å². The molecule has 5 heteroatoms. The Labute approximate surface area is 119 Å². The first kappa shape index (κ1) is 16.0. The predicted molar refractivity (Wildman–Crippen MR) is 78.9 cm³/mol. The molecule has 1 unspecified atom stereocenters. The van der Waals surface area contributed by atoms with Crippen LogP contribution in [0.3, 0.4) is 0 Å². The van der Waals surface area contributed by atoms with Gasteiger partial charge in [0.05, 0.1) is 6.42 Å². The van der Waals surface area contributed by atoms with Gasteiger partial charge in [0.2, 0.25) is 0 Å². The van der Waals surface area contributed by atoms with Gasteiger partial charge in [0, 0.05) is 18.3 Å². The van der Waals surface area contributed by atoms with Crippen molar-refractivity contribution in [3.8, 4) is 0 Å². The lowest BCUT2D eigenvalue weighted by Crippen LogP contribution is -2.47. The van der Waals surface area contributed by atoms with Crippen LogP contribution >= 0.6 is 0 Å². The lowest BCUT2D eigenvalue weighted by atomic mass is 10.0. The molecule has 0 fully saturated rings. The van der Waals surface area contributed by atoms with Gasteiger partial charge in [0.15, 0.2) is 0 Å². The summed E-state index contributed by atoms with van der Waals surface area (Å²) in [5.74, 6) is -0.851. The number of anilines is 1. The number of urea groups is 1. The quantitative estimate of drug-likeness (QED) is 0.840. The molecule has 0 saturated heterocycles. The minimum atomic E-state index is -0.910. The molecule has 2 amide bonds. The van der Waals surface area contributed by atoms with Crippen LogP contribution in [-0.2, 0) is 4.79 Å². The van der Waals surface area contributed by atoms with Crippen molar-refractivity contribution in [3.63, 3.8) is 0 Å². The molecule has 1 atom stereocenters. The number of aliphatic carboxylic acids is 1. The van der Waals surface area contributed by atoms with Crippen LogP contribution in [0.15, 0.2) is 30.3 Å². The summed E-state index contributed by atoms with van der Waals surface area (Å²) >= 11 is 0. The van der Waals surface area contributed by atoms with Crippen LogP contribution in [0.1, 0.15) is 27.2 Å². The summed E-state index contributed by atoms with van der Waals surface area (Å²) in [6.07, 6.45) is -0.0737. The molecule has 0 radical (unpaired) electrons. The van der Waals surface area contributed by atoms with Crippen molar-refractivity contribution in [2.24, 2.45) is 5.92 Å². The third kappa shape index (κ3) is 4.57. The summed E-state index contributed by atoms with van der Waals surface area (Å²) < 4.78 is 0. The van der Waals surface area contributed by atoms with Crippen LogP contribution in [0.25, 0.3) is 0 Å². The molecule has 1 aromatic carbocycles. The first-order valence-corrected chi connectivity index (χ1v) is 6.80. The Balaban J connectivity index is 2.78. The normalized spacial score (nSPS) is 12.0. The highest BCUT2D eigenvalue weighted by Gasteiger charge is 2.22. The zero-order chi connectivity index (χ0) is 15.1. The van der Waals surface area contributed by atoms with E-state index in [0.717, 1.165) is 5.69 Å². The number of para-hydroxylation sites is 1. The number of carboxylic acid groups (broad SMARTS) is 1. The molecule has 0 saturated carbocycles. The van der Waals surface area contributed by atoms with Gasteiger partial charge in [-0.15, -0.1) is 0 Å². The molecule has 110 valence electrons. The van der Waals surface area contributed by atoms with Gasteiger partial charge in [-0.1, -0.05) is 32.0 Å². The van der Waals surface area contributed by atoms with Crippen molar-refractivity contribution >= 4 is 17.7 Å². The average molecular weight is 278 g/mol. The van der Waals surface area contributed by atoms with Crippen molar-refractivity contribution < 1.29 is 14.7 Å². The Bertz CT molecular complexity index is 446. The molecule has 0 aliphatic rings. The zero-order valence-corrected chi connectivity index (χ0v) is 12.2. The van der Waals surface area contributed by atoms with E-state index in [-0.39, 0.29) is 24.4 Å². The van der Waals surface area contributed by atoms with Crippen molar-refractivity contribution in [3.05, 3.63) is 30.3 Å². The molecule has 0 heterocycles. The first-order chi connectivity index (χ1) is 9.45. The number of hydrogen-bond donors (Lipinski definition) is 2. The smallest absolute Gasteiger partial charge is 0.322 e. The van der Waals surface area contributed by atoms with Crippen molar-refractivity contribution in [2.75, 3.05) is 11.4 Å². The van der Waals surface area contributed by atoms with E-state index in [1.165, 1.54) is 0 Å². The number of benzene rings is 1. The first-order valence-electron chi connectivity index (χ1n) is 6.80. The number of nitrogens with one attached hydrogen (secondary N) is 1. The molecular formula is C15H22N2O3. The fourth-order valence-electron chi connectivity index (χ4n) is 1.93. The van der Waals surface area contributed by atoms with E-state index in [0.29, 0.717) is 6.54 Å². The van der Waals surface area contributed by atoms with E-state index >= 15 is 0 Å². The molecule has 0 aliphatic heterocycles. The molecule has 1 aromatic rings. The number of amides is 2. The SMILES string of the molecule is CCN(C(=O)NC(CC(=O)O)C(C)C)c1ccccc1. The van der Waals surface area contributed by atoms with Crippen molar-refractivity contribution in [1.82, 2.24) is 5.32 Å². The maximum absolute atomic E-state index is 12.3. The third-order valence-corrected chi connectivity index (χ3v) is 3.14. The summed E-state index contributed by atoms with van der Waals surface area (Å²) in [5, 5.41) is 11.7. The van der Waals surface area contributed by atoms with E-state index in [1.54, 1.807) is 4.90 Å². The highest BCUT2D eigenvalue weighted by Crippen LogP contribution is 2.14. The van der Waals surface area contributed by atoms with Crippen molar-refractivity contribution in [1.29, 1.82) is 0 Å².